The van der Waals surface area contributed by atoms with E-state index in [2.05, 4.69) is 5.32 Å². The van der Waals surface area contributed by atoms with E-state index in [1.165, 1.54) is 77.0 Å². The predicted octanol–water partition coefficient (Wildman–Crippen LogP) is 3.63. The van der Waals surface area contributed by atoms with Crippen molar-refractivity contribution >= 4 is 0 Å². The van der Waals surface area contributed by atoms with E-state index in [-0.39, 0.29) is 5.54 Å². The van der Waals surface area contributed by atoms with Crippen molar-refractivity contribution in [2.45, 2.75) is 88.6 Å². The fourth-order valence-electron chi connectivity index (χ4n) is 4.56. The van der Waals surface area contributed by atoms with E-state index in [4.69, 9.17) is 0 Å². The molecule has 19 heavy (non-hydrogen) atoms. The molecule has 110 valence electrons. The Bertz CT molecular complexity index is 281. The molecule has 2 nitrogen and oxygen atoms in total. The Morgan fingerprint density at radius 1 is 0.842 bits per heavy atom. The van der Waals surface area contributed by atoms with Gasteiger partial charge in [-0.15, -0.1) is 0 Å². The van der Waals surface area contributed by atoms with Crippen molar-refractivity contribution in [1.82, 2.24) is 5.32 Å². The lowest BCUT2D eigenvalue weighted by Crippen LogP contribution is -2.55. The molecule has 3 rings (SSSR count). The first-order chi connectivity index (χ1) is 9.31. The van der Waals surface area contributed by atoms with Crippen molar-refractivity contribution in [3.63, 3.8) is 0 Å². The monoisotopic (exact) mass is 265 g/mol. The van der Waals surface area contributed by atoms with Crippen LogP contribution in [0.15, 0.2) is 0 Å². The Balaban J connectivity index is 1.60. The average molecular weight is 265 g/mol. The van der Waals surface area contributed by atoms with E-state index in [0.29, 0.717) is 12.6 Å². The summed E-state index contributed by atoms with van der Waals surface area (Å²) < 4.78 is 0. The lowest BCUT2D eigenvalue weighted by Gasteiger charge is -2.43. The summed E-state index contributed by atoms with van der Waals surface area (Å²) in [5.41, 5.74) is 0.0700. The molecule has 0 aromatic carbocycles. The van der Waals surface area contributed by atoms with Gasteiger partial charge in [0, 0.05) is 11.6 Å². The molecule has 3 fully saturated rings. The van der Waals surface area contributed by atoms with E-state index >= 15 is 0 Å². The highest BCUT2D eigenvalue weighted by atomic mass is 16.3. The van der Waals surface area contributed by atoms with Gasteiger partial charge in [-0.3, -0.25) is 0 Å². The molecule has 3 aliphatic carbocycles. The summed E-state index contributed by atoms with van der Waals surface area (Å²) in [6.07, 6.45) is 16.3. The number of hydrogen-bond acceptors (Lipinski definition) is 2. The van der Waals surface area contributed by atoms with Gasteiger partial charge < -0.3 is 10.4 Å². The maximum Gasteiger partial charge on any atom is 0.0613 e. The third kappa shape index (κ3) is 3.52. The number of hydrogen-bond donors (Lipinski definition) is 2. The van der Waals surface area contributed by atoms with Gasteiger partial charge in [0.15, 0.2) is 0 Å². The van der Waals surface area contributed by atoms with Crippen molar-refractivity contribution in [3.05, 3.63) is 0 Å². The zero-order valence-corrected chi connectivity index (χ0v) is 12.4. The van der Waals surface area contributed by atoms with Crippen LogP contribution in [-0.2, 0) is 0 Å². The minimum atomic E-state index is 0.0700. The van der Waals surface area contributed by atoms with Gasteiger partial charge >= 0.3 is 0 Å². The molecule has 0 radical (unpaired) electrons. The minimum absolute atomic E-state index is 0.0700. The largest absolute Gasteiger partial charge is 0.394 e. The zero-order chi connectivity index (χ0) is 13.1. The molecule has 2 N–H and O–H groups in total. The summed E-state index contributed by atoms with van der Waals surface area (Å²) in [4.78, 5) is 0. The lowest BCUT2D eigenvalue weighted by atomic mass is 9.73. The van der Waals surface area contributed by atoms with Gasteiger partial charge in [-0.05, 0) is 50.4 Å². The highest BCUT2D eigenvalue weighted by molar-refractivity contribution is 4.98. The highest BCUT2D eigenvalue weighted by Gasteiger charge is 2.42. The summed E-state index contributed by atoms with van der Waals surface area (Å²) in [6, 6.07) is 0.674. The molecule has 2 heteroatoms. The number of rotatable bonds is 4. The van der Waals surface area contributed by atoms with Crippen LogP contribution < -0.4 is 5.32 Å². The van der Waals surface area contributed by atoms with Crippen molar-refractivity contribution in [3.8, 4) is 0 Å². The fourth-order valence-corrected chi connectivity index (χ4v) is 4.56. The van der Waals surface area contributed by atoms with Gasteiger partial charge in [-0.25, -0.2) is 0 Å². The molecule has 2 atom stereocenters. The van der Waals surface area contributed by atoms with E-state index in [9.17, 15) is 5.11 Å². The van der Waals surface area contributed by atoms with Crippen molar-refractivity contribution < 1.29 is 5.11 Å². The van der Waals surface area contributed by atoms with Crippen molar-refractivity contribution in [2.75, 3.05) is 6.61 Å². The van der Waals surface area contributed by atoms with Gasteiger partial charge in [0.1, 0.15) is 0 Å². The first-order valence-corrected chi connectivity index (χ1v) is 8.70. The molecule has 0 heterocycles. The van der Waals surface area contributed by atoms with E-state index in [0.717, 1.165) is 11.8 Å². The number of aliphatic hydroxyl groups is 1. The van der Waals surface area contributed by atoms with Crippen LogP contribution in [0.3, 0.4) is 0 Å². The second kappa shape index (κ2) is 6.13. The molecule has 0 aromatic heterocycles. The molecule has 0 aliphatic heterocycles. The predicted molar refractivity (Wildman–Crippen MR) is 79.1 cm³/mol. The summed E-state index contributed by atoms with van der Waals surface area (Å²) in [5.74, 6) is 1.90. The lowest BCUT2D eigenvalue weighted by molar-refractivity contribution is 0.0760. The second-order valence-corrected chi connectivity index (χ2v) is 7.47. The van der Waals surface area contributed by atoms with E-state index in [1.54, 1.807) is 0 Å². The molecule has 0 saturated heterocycles. The molecule has 0 amide bonds. The number of nitrogens with one attached hydrogen (secondary N) is 1. The molecular formula is C17H31NO. The van der Waals surface area contributed by atoms with Gasteiger partial charge in [-0.2, -0.15) is 0 Å². The molecule has 0 aromatic rings. The van der Waals surface area contributed by atoms with Crippen LogP contribution in [0.25, 0.3) is 0 Å². The Morgan fingerprint density at radius 2 is 1.58 bits per heavy atom. The van der Waals surface area contributed by atoms with Gasteiger partial charge in [0.05, 0.1) is 6.61 Å². The smallest absolute Gasteiger partial charge is 0.0613 e. The first-order valence-electron chi connectivity index (χ1n) is 8.70. The van der Waals surface area contributed by atoms with Crippen LogP contribution in [0.5, 0.6) is 0 Å². The Kier molecular flexibility index (Phi) is 4.48. The summed E-state index contributed by atoms with van der Waals surface area (Å²) in [7, 11) is 0. The van der Waals surface area contributed by atoms with Crippen molar-refractivity contribution in [1.29, 1.82) is 0 Å². The second-order valence-electron chi connectivity index (χ2n) is 7.47. The molecule has 0 bridgehead atoms. The maximum atomic E-state index is 10.00. The first kappa shape index (κ1) is 13.9. The number of aliphatic hydroxyl groups excluding tert-OH is 1. The highest BCUT2D eigenvalue weighted by Crippen LogP contribution is 2.46. The molecule has 3 saturated carbocycles. The Morgan fingerprint density at radius 3 is 2.21 bits per heavy atom. The van der Waals surface area contributed by atoms with Crippen LogP contribution in [0, 0.1) is 11.8 Å². The maximum absolute atomic E-state index is 10.00. The summed E-state index contributed by atoms with van der Waals surface area (Å²) >= 11 is 0. The Labute approximate surface area is 118 Å². The normalized spacial score (nSPS) is 38.1. The van der Waals surface area contributed by atoms with Gasteiger partial charge in [0.2, 0.25) is 0 Å². The third-order valence-electron chi connectivity index (χ3n) is 5.84. The molecule has 3 aliphatic rings. The summed E-state index contributed by atoms with van der Waals surface area (Å²) in [6.45, 7) is 0.354. The minimum Gasteiger partial charge on any atom is -0.394 e. The van der Waals surface area contributed by atoms with Gasteiger partial charge in [-0.1, -0.05) is 38.5 Å². The topological polar surface area (TPSA) is 32.3 Å². The SMILES string of the molecule is OCC1(NC2CCCCCC2)CCCC(C2CC2)C1. The standard InChI is InChI=1S/C17H31NO/c19-13-17(18-16-7-3-1-2-4-8-16)11-5-6-15(12-17)14-9-10-14/h14-16,18-19H,1-13H2. The van der Waals surface area contributed by atoms with Crippen molar-refractivity contribution in [2.24, 2.45) is 11.8 Å². The van der Waals surface area contributed by atoms with Crippen LogP contribution in [0.1, 0.15) is 77.0 Å². The van der Waals surface area contributed by atoms with Crippen LogP contribution in [-0.4, -0.2) is 23.3 Å². The Hall–Kier alpha value is -0.0800. The van der Waals surface area contributed by atoms with Crippen LogP contribution >= 0.6 is 0 Å². The fraction of sp³-hybridized carbons (Fsp3) is 1.00. The van der Waals surface area contributed by atoms with E-state index < -0.39 is 0 Å². The quantitative estimate of drug-likeness (QED) is 0.761. The molecule has 2 unspecified atom stereocenters. The van der Waals surface area contributed by atoms with Gasteiger partial charge in [0.25, 0.3) is 0 Å². The van der Waals surface area contributed by atoms with Crippen LogP contribution in [0.2, 0.25) is 0 Å². The van der Waals surface area contributed by atoms with Crippen LogP contribution in [0.4, 0.5) is 0 Å². The molecular weight excluding hydrogens is 234 g/mol. The third-order valence-corrected chi connectivity index (χ3v) is 5.84. The molecule has 0 spiro atoms. The van der Waals surface area contributed by atoms with E-state index in [1.807, 2.05) is 0 Å². The average Bonchev–Trinajstić information content (AvgIpc) is 3.27. The zero-order valence-electron chi connectivity index (χ0n) is 12.4. The summed E-state index contributed by atoms with van der Waals surface area (Å²) in [5, 5.41) is 13.9.